The summed E-state index contributed by atoms with van der Waals surface area (Å²) in [6, 6.07) is -0.764. The third-order valence-corrected chi connectivity index (χ3v) is 9.91. The maximum absolute atomic E-state index is 12.4. The van der Waals surface area contributed by atoms with Crippen LogP contribution in [0.15, 0.2) is 36.5 Å². The summed E-state index contributed by atoms with van der Waals surface area (Å²) in [7, 11) is 0. The van der Waals surface area contributed by atoms with Crippen LogP contribution in [0.5, 0.6) is 0 Å². The molecule has 294 valence electrons. The zero-order chi connectivity index (χ0) is 36.6. The fourth-order valence-electron chi connectivity index (χ4n) is 6.55. The van der Waals surface area contributed by atoms with E-state index in [1.54, 1.807) is 6.08 Å². The van der Waals surface area contributed by atoms with Gasteiger partial charge in [0.1, 0.15) is 0 Å². The average Bonchev–Trinajstić information content (AvgIpc) is 3.11. The molecule has 4 N–H and O–H groups in total. The van der Waals surface area contributed by atoms with E-state index in [0.717, 1.165) is 38.5 Å². The van der Waals surface area contributed by atoms with Crippen molar-refractivity contribution in [3.05, 3.63) is 36.5 Å². The smallest absolute Gasteiger partial charge is 0.222 e. The summed E-state index contributed by atoms with van der Waals surface area (Å²) in [5.41, 5.74) is 0. The molecule has 0 aliphatic carbocycles. The highest BCUT2D eigenvalue weighted by Gasteiger charge is 2.20. The van der Waals surface area contributed by atoms with Crippen LogP contribution in [0, 0.1) is 0 Å². The third kappa shape index (κ3) is 36.4. The van der Waals surface area contributed by atoms with Gasteiger partial charge in [-0.1, -0.05) is 204 Å². The molecule has 0 rings (SSSR count). The Hall–Kier alpha value is -1.43. The van der Waals surface area contributed by atoms with Crippen LogP contribution >= 0.6 is 0 Å². The van der Waals surface area contributed by atoms with Gasteiger partial charge in [-0.05, 0) is 44.9 Å². The molecule has 0 aliphatic heterocycles. The molecule has 0 aromatic carbocycles. The lowest BCUT2D eigenvalue weighted by molar-refractivity contribution is -0.124. The highest BCUT2D eigenvalue weighted by atomic mass is 16.3. The Kier molecular flexibility index (Phi) is 39.2. The second-order valence-electron chi connectivity index (χ2n) is 14.9. The molecule has 0 aliphatic rings. The van der Waals surface area contributed by atoms with E-state index in [0.29, 0.717) is 6.42 Å². The molecule has 0 aromatic heterocycles. The van der Waals surface area contributed by atoms with Gasteiger partial charge in [0, 0.05) is 0 Å². The van der Waals surface area contributed by atoms with Crippen molar-refractivity contribution in [3.63, 3.8) is 0 Å². The summed E-state index contributed by atoms with van der Waals surface area (Å²) in [5, 5.41) is 33.1. The molecule has 5 heteroatoms. The van der Waals surface area contributed by atoms with Crippen molar-refractivity contribution in [2.75, 3.05) is 6.61 Å². The molecule has 0 fully saturated rings. The Balaban J connectivity index is 3.73. The average molecular weight is 704 g/mol. The van der Waals surface area contributed by atoms with E-state index < -0.39 is 18.2 Å². The maximum atomic E-state index is 12.4. The van der Waals surface area contributed by atoms with Crippen LogP contribution in [0.2, 0.25) is 0 Å². The van der Waals surface area contributed by atoms with Crippen LogP contribution in [0.25, 0.3) is 0 Å². The molecule has 5 nitrogen and oxygen atoms in total. The molecule has 0 saturated carbocycles. The first-order chi connectivity index (χ1) is 24.5. The first-order valence-corrected chi connectivity index (χ1v) is 21.8. The van der Waals surface area contributed by atoms with Crippen LogP contribution in [-0.4, -0.2) is 46.1 Å². The Morgan fingerprint density at radius 3 is 1.28 bits per heavy atom. The molecule has 3 atom stereocenters. The fourth-order valence-corrected chi connectivity index (χ4v) is 6.55. The molecule has 0 heterocycles. The standard InChI is InChI=1S/C45H85NO4/c1-3-5-7-9-11-13-15-17-18-19-20-21-22-23-24-25-26-27-29-31-33-35-37-39-44(49)43(41-47)46-45(50)40-42(48)38-36-34-32-30-28-16-14-12-10-8-6-4-2/h24-25,29,31,37,39,42-44,47-49H,3-23,26-28,30,32-36,38,40-41H2,1-2H3,(H,46,50)/b25-24+,31-29+,39-37+. The number of hydrogen-bond acceptors (Lipinski definition) is 4. The predicted molar refractivity (Wildman–Crippen MR) is 218 cm³/mol. The molecule has 0 radical (unpaired) electrons. The van der Waals surface area contributed by atoms with Crippen LogP contribution in [0.4, 0.5) is 0 Å². The van der Waals surface area contributed by atoms with Gasteiger partial charge in [0.2, 0.25) is 5.91 Å². The van der Waals surface area contributed by atoms with Crippen LogP contribution in [0.3, 0.4) is 0 Å². The first kappa shape index (κ1) is 48.6. The summed E-state index contributed by atoms with van der Waals surface area (Å²) >= 11 is 0. The van der Waals surface area contributed by atoms with Crippen LogP contribution in [0.1, 0.15) is 219 Å². The maximum Gasteiger partial charge on any atom is 0.222 e. The van der Waals surface area contributed by atoms with Gasteiger partial charge in [0.15, 0.2) is 0 Å². The lowest BCUT2D eigenvalue weighted by Gasteiger charge is -2.21. The van der Waals surface area contributed by atoms with Crippen molar-refractivity contribution >= 4 is 5.91 Å². The van der Waals surface area contributed by atoms with E-state index in [4.69, 9.17) is 0 Å². The third-order valence-electron chi connectivity index (χ3n) is 9.91. The van der Waals surface area contributed by atoms with E-state index in [1.807, 2.05) is 6.08 Å². The van der Waals surface area contributed by atoms with Crippen LogP contribution < -0.4 is 5.32 Å². The van der Waals surface area contributed by atoms with Crippen molar-refractivity contribution in [3.8, 4) is 0 Å². The van der Waals surface area contributed by atoms with Gasteiger partial charge in [0.05, 0.1) is 31.3 Å². The molecule has 50 heavy (non-hydrogen) atoms. The zero-order valence-corrected chi connectivity index (χ0v) is 33.3. The normalized spacial score (nSPS) is 13.9. The second kappa shape index (κ2) is 40.3. The van der Waals surface area contributed by atoms with Gasteiger partial charge >= 0.3 is 0 Å². The van der Waals surface area contributed by atoms with Gasteiger partial charge in [-0.2, -0.15) is 0 Å². The van der Waals surface area contributed by atoms with Crippen molar-refractivity contribution in [2.45, 2.75) is 238 Å². The van der Waals surface area contributed by atoms with Gasteiger partial charge < -0.3 is 20.6 Å². The Bertz CT molecular complexity index is 779. The summed E-state index contributed by atoms with van der Waals surface area (Å²) in [6.45, 7) is 4.19. The molecule has 0 spiro atoms. The Labute approximate surface area is 311 Å². The number of nitrogens with one attached hydrogen (secondary N) is 1. The van der Waals surface area contributed by atoms with E-state index >= 15 is 0 Å². The molecular formula is C45H85NO4. The van der Waals surface area contributed by atoms with Crippen molar-refractivity contribution < 1.29 is 20.1 Å². The number of amides is 1. The highest BCUT2D eigenvalue weighted by Crippen LogP contribution is 2.15. The summed E-state index contributed by atoms with van der Waals surface area (Å²) < 4.78 is 0. The number of carbonyl (C=O) groups excluding carboxylic acids is 1. The topological polar surface area (TPSA) is 89.8 Å². The predicted octanol–water partition coefficient (Wildman–Crippen LogP) is 12.4. The highest BCUT2D eigenvalue weighted by molar-refractivity contribution is 5.76. The molecule has 3 unspecified atom stereocenters. The minimum absolute atomic E-state index is 0.00435. The summed E-state index contributed by atoms with van der Waals surface area (Å²) in [4.78, 5) is 12.4. The van der Waals surface area contributed by atoms with Crippen LogP contribution in [-0.2, 0) is 4.79 Å². The summed E-state index contributed by atoms with van der Waals surface area (Å²) in [6.07, 6.45) is 50.1. The second-order valence-corrected chi connectivity index (χ2v) is 14.9. The van der Waals surface area contributed by atoms with Gasteiger partial charge in [0.25, 0.3) is 0 Å². The number of allylic oxidation sites excluding steroid dienone is 5. The minimum atomic E-state index is -0.957. The first-order valence-electron chi connectivity index (χ1n) is 21.8. The van der Waals surface area contributed by atoms with Gasteiger partial charge in [-0.3, -0.25) is 4.79 Å². The lowest BCUT2D eigenvalue weighted by Crippen LogP contribution is -2.45. The number of carbonyl (C=O) groups is 1. The zero-order valence-electron chi connectivity index (χ0n) is 33.3. The monoisotopic (exact) mass is 704 g/mol. The quantitative estimate of drug-likeness (QED) is 0.0379. The number of rotatable bonds is 39. The minimum Gasteiger partial charge on any atom is -0.394 e. The number of aliphatic hydroxyl groups is 3. The van der Waals surface area contributed by atoms with E-state index in [1.165, 1.54) is 154 Å². The molecular weight excluding hydrogens is 618 g/mol. The van der Waals surface area contributed by atoms with Crippen molar-refractivity contribution in [1.29, 1.82) is 0 Å². The number of aliphatic hydroxyl groups excluding tert-OH is 3. The molecule has 1 amide bonds. The fraction of sp³-hybridized carbons (Fsp3) is 0.844. The number of unbranched alkanes of at least 4 members (excludes halogenated alkanes) is 26. The van der Waals surface area contributed by atoms with Gasteiger partial charge in [-0.15, -0.1) is 0 Å². The van der Waals surface area contributed by atoms with Gasteiger partial charge in [-0.25, -0.2) is 0 Å². The van der Waals surface area contributed by atoms with E-state index in [2.05, 4.69) is 43.5 Å². The molecule has 0 saturated heterocycles. The van der Waals surface area contributed by atoms with E-state index in [9.17, 15) is 20.1 Å². The number of hydrogen-bond donors (Lipinski definition) is 4. The SMILES string of the molecule is CCCCCCCCCCCCCCC/C=C/CC/C=C/CC/C=C/C(O)C(CO)NC(=O)CC(O)CCCCCCCCCCCCCC. The Morgan fingerprint density at radius 2 is 0.860 bits per heavy atom. The largest absolute Gasteiger partial charge is 0.394 e. The van der Waals surface area contributed by atoms with Crippen molar-refractivity contribution in [2.24, 2.45) is 0 Å². The van der Waals surface area contributed by atoms with E-state index in [-0.39, 0.29) is 18.9 Å². The lowest BCUT2D eigenvalue weighted by atomic mass is 10.0. The molecule has 0 aromatic rings. The van der Waals surface area contributed by atoms with Crippen molar-refractivity contribution in [1.82, 2.24) is 5.32 Å². The summed E-state index contributed by atoms with van der Waals surface area (Å²) in [5.74, 6) is -0.329. The molecule has 0 bridgehead atoms. The Morgan fingerprint density at radius 1 is 0.500 bits per heavy atom.